The maximum absolute atomic E-state index is 12.8. The van der Waals surface area contributed by atoms with Crippen molar-refractivity contribution in [1.29, 1.82) is 0 Å². The lowest BCUT2D eigenvalue weighted by Crippen LogP contribution is -2.42. The standard InChI is InChI=1S/C25H30N2O5/c1-25(2,3)32-24(29)27-11-9-16(10-12-27)13-23(28)26-19-15-21-18(14-22(19)30-4)17-7-5-6-8-20(17)31-21/h5-8,14-16H,9-13H2,1-4H3,(H,26,28). The molecule has 2 heterocycles. The molecule has 3 aromatic rings. The van der Waals surface area contributed by atoms with E-state index in [1.54, 1.807) is 12.0 Å². The van der Waals surface area contributed by atoms with Crippen molar-refractivity contribution in [3.8, 4) is 5.75 Å². The number of piperidine rings is 1. The van der Waals surface area contributed by atoms with Crippen molar-refractivity contribution in [3.05, 3.63) is 36.4 Å². The molecular formula is C25H30N2O5. The van der Waals surface area contributed by atoms with Crippen LogP contribution < -0.4 is 10.1 Å². The number of anilines is 1. The molecule has 0 saturated carbocycles. The number of para-hydroxylation sites is 1. The molecule has 1 N–H and O–H groups in total. The van der Waals surface area contributed by atoms with Gasteiger partial charge < -0.3 is 24.1 Å². The Morgan fingerprint density at radius 3 is 2.50 bits per heavy atom. The number of likely N-dealkylation sites (tertiary alicyclic amines) is 1. The number of carbonyl (C=O) groups is 2. The third kappa shape index (κ3) is 4.82. The van der Waals surface area contributed by atoms with Crippen LogP contribution in [0.4, 0.5) is 10.5 Å². The van der Waals surface area contributed by atoms with E-state index in [0.29, 0.717) is 36.5 Å². The van der Waals surface area contributed by atoms with E-state index in [0.717, 1.165) is 29.2 Å². The van der Waals surface area contributed by atoms with Gasteiger partial charge in [-0.05, 0) is 51.7 Å². The minimum absolute atomic E-state index is 0.0746. The molecule has 0 atom stereocenters. The summed E-state index contributed by atoms with van der Waals surface area (Å²) in [4.78, 5) is 26.7. The highest BCUT2D eigenvalue weighted by Gasteiger charge is 2.28. The van der Waals surface area contributed by atoms with Gasteiger partial charge in [-0.3, -0.25) is 4.79 Å². The quantitative estimate of drug-likeness (QED) is 0.576. The summed E-state index contributed by atoms with van der Waals surface area (Å²) >= 11 is 0. The third-order valence-electron chi connectivity index (χ3n) is 5.71. The molecule has 2 amide bonds. The van der Waals surface area contributed by atoms with E-state index >= 15 is 0 Å². The van der Waals surface area contributed by atoms with Crippen LogP contribution in [-0.2, 0) is 9.53 Å². The Labute approximate surface area is 187 Å². The Kier molecular flexibility index (Phi) is 6.00. The zero-order valence-electron chi connectivity index (χ0n) is 19.1. The van der Waals surface area contributed by atoms with Crippen LogP contribution in [0.5, 0.6) is 5.75 Å². The molecule has 1 fully saturated rings. The normalized spacial score (nSPS) is 15.2. The highest BCUT2D eigenvalue weighted by molar-refractivity contribution is 6.07. The Morgan fingerprint density at radius 1 is 1.09 bits per heavy atom. The van der Waals surface area contributed by atoms with Crippen LogP contribution in [0, 0.1) is 5.92 Å². The second-order valence-corrected chi connectivity index (χ2v) is 9.31. The van der Waals surface area contributed by atoms with Crippen molar-refractivity contribution >= 4 is 39.6 Å². The van der Waals surface area contributed by atoms with Gasteiger partial charge in [0, 0.05) is 36.3 Å². The Balaban J connectivity index is 1.39. The first-order valence-corrected chi connectivity index (χ1v) is 11.0. The number of benzene rings is 2. The first-order valence-electron chi connectivity index (χ1n) is 11.0. The van der Waals surface area contributed by atoms with E-state index in [1.165, 1.54) is 0 Å². The fourth-order valence-electron chi connectivity index (χ4n) is 4.13. The number of hydrogen-bond acceptors (Lipinski definition) is 5. The van der Waals surface area contributed by atoms with E-state index < -0.39 is 5.60 Å². The number of furan rings is 1. The van der Waals surface area contributed by atoms with Gasteiger partial charge in [-0.15, -0.1) is 0 Å². The van der Waals surface area contributed by atoms with E-state index in [-0.39, 0.29) is 17.9 Å². The van der Waals surface area contributed by atoms with Gasteiger partial charge in [0.05, 0.1) is 12.8 Å². The first-order chi connectivity index (χ1) is 15.2. The summed E-state index contributed by atoms with van der Waals surface area (Å²) in [6.45, 7) is 6.78. The summed E-state index contributed by atoms with van der Waals surface area (Å²) in [7, 11) is 1.59. The first kappa shape index (κ1) is 22.0. The number of hydrogen-bond donors (Lipinski definition) is 1. The van der Waals surface area contributed by atoms with E-state index in [1.807, 2.05) is 57.2 Å². The Morgan fingerprint density at radius 2 is 1.81 bits per heavy atom. The molecule has 32 heavy (non-hydrogen) atoms. The van der Waals surface area contributed by atoms with Gasteiger partial charge in [0.2, 0.25) is 5.91 Å². The number of carbonyl (C=O) groups excluding carboxylic acids is 2. The Bertz CT molecular complexity index is 1140. The molecule has 2 aromatic carbocycles. The summed E-state index contributed by atoms with van der Waals surface area (Å²) < 4.78 is 16.9. The predicted molar refractivity (Wildman–Crippen MR) is 124 cm³/mol. The molecule has 170 valence electrons. The molecule has 1 aliphatic heterocycles. The lowest BCUT2D eigenvalue weighted by atomic mass is 9.93. The SMILES string of the molecule is COc1cc2c(cc1NC(=O)CC1CCN(C(=O)OC(C)(C)C)CC1)oc1ccccc12. The van der Waals surface area contributed by atoms with Crippen molar-refractivity contribution in [2.45, 2.75) is 45.6 Å². The molecule has 1 aliphatic rings. The molecule has 7 heteroatoms. The Hall–Kier alpha value is -3.22. The number of ether oxygens (including phenoxy) is 2. The molecule has 4 rings (SSSR count). The van der Waals surface area contributed by atoms with Crippen LogP contribution in [-0.4, -0.2) is 42.7 Å². The number of rotatable bonds is 4. The zero-order valence-corrected chi connectivity index (χ0v) is 19.1. The van der Waals surface area contributed by atoms with E-state index in [9.17, 15) is 9.59 Å². The maximum atomic E-state index is 12.8. The van der Waals surface area contributed by atoms with E-state index in [4.69, 9.17) is 13.9 Å². The molecule has 1 saturated heterocycles. The van der Waals surface area contributed by atoms with Crippen molar-refractivity contribution in [1.82, 2.24) is 4.90 Å². The van der Waals surface area contributed by atoms with Gasteiger partial charge in [0.25, 0.3) is 0 Å². The van der Waals surface area contributed by atoms with Crippen LogP contribution in [0.15, 0.2) is 40.8 Å². The third-order valence-corrected chi connectivity index (χ3v) is 5.71. The van der Waals surface area contributed by atoms with Crippen molar-refractivity contribution < 1.29 is 23.5 Å². The smallest absolute Gasteiger partial charge is 0.410 e. The fraction of sp³-hybridized carbons (Fsp3) is 0.440. The summed E-state index contributed by atoms with van der Waals surface area (Å²) in [5.74, 6) is 0.737. The van der Waals surface area contributed by atoms with Crippen LogP contribution >= 0.6 is 0 Å². The number of amides is 2. The monoisotopic (exact) mass is 438 g/mol. The van der Waals surface area contributed by atoms with Crippen LogP contribution in [0.1, 0.15) is 40.0 Å². The van der Waals surface area contributed by atoms with Crippen LogP contribution in [0.2, 0.25) is 0 Å². The average Bonchev–Trinajstić information content (AvgIpc) is 3.09. The number of nitrogens with one attached hydrogen (secondary N) is 1. The minimum Gasteiger partial charge on any atom is -0.495 e. The van der Waals surface area contributed by atoms with Crippen LogP contribution in [0.3, 0.4) is 0 Å². The van der Waals surface area contributed by atoms with Gasteiger partial charge in [0.15, 0.2) is 0 Å². The van der Waals surface area contributed by atoms with Gasteiger partial charge >= 0.3 is 6.09 Å². The maximum Gasteiger partial charge on any atom is 0.410 e. The summed E-state index contributed by atoms with van der Waals surface area (Å²) in [5, 5.41) is 4.94. The molecule has 1 aromatic heterocycles. The number of fused-ring (bicyclic) bond motifs is 3. The molecule has 7 nitrogen and oxygen atoms in total. The number of methoxy groups -OCH3 is 1. The highest BCUT2D eigenvalue weighted by Crippen LogP contribution is 2.36. The van der Waals surface area contributed by atoms with Gasteiger partial charge in [0.1, 0.15) is 22.5 Å². The topological polar surface area (TPSA) is 81.0 Å². The minimum atomic E-state index is -0.506. The molecule has 0 spiro atoms. The van der Waals surface area contributed by atoms with Crippen molar-refractivity contribution in [3.63, 3.8) is 0 Å². The predicted octanol–water partition coefficient (Wildman–Crippen LogP) is 5.57. The molecule has 0 bridgehead atoms. The lowest BCUT2D eigenvalue weighted by Gasteiger charge is -2.33. The van der Waals surface area contributed by atoms with E-state index in [2.05, 4.69) is 5.32 Å². The molecule has 0 aliphatic carbocycles. The second kappa shape index (κ2) is 8.73. The number of nitrogens with zero attached hydrogens (tertiary/aromatic N) is 1. The molecule has 0 unspecified atom stereocenters. The van der Waals surface area contributed by atoms with Gasteiger partial charge in [-0.1, -0.05) is 18.2 Å². The highest BCUT2D eigenvalue weighted by atomic mass is 16.6. The average molecular weight is 439 g/mol. The summed E-state index contributed by atoms with van der Waals surface area (Å²) in [5.41, 5.74) is 1.58. The molecular weight excluding hydrogens is 408 g/mol. The van der Waals surface area contributed by atoms with Gasteiger partial charge in [-0.25, -0.2) is 4.79 Å². The van der Waals surface area contributed by atoms with Crippen molar-refractivity contribution in [2.24, 2.45) is 5.92 Å². The molecule has 0 radical (unpaired) electrons. The second-order valence-electron chi connectivity index (χ2n) is 9.31. The van der Waals surface area contributed by atoms with Crippen LogP contribution in [0.25, 0.3) is 21.9 Å². The fourth-order valence-corrected chi connectivity index (χ4v) is 4.13. The summed E-state index contributed by atoms with van der Waals surface area (Å²) in [6.07, 6.45) is 1.65. The zero-order chi connectivity index (χ0) is 22.9. The van der Waals surface area contributed by atoms with Gasteiger partial charge in [-0.2, -0.15) is 0 Å². The lowest BCUT2D eigenvalue weighted by molar-refractivity contribution is -0.117. The largest absolute Gasteiger partial charge is 0.495 e. The van der Waals surface area contributed by atoms with Crippen molar-refractivity contribution in [2.75, 3.05) is 25.5 Å². The summed E-state index contributed by atoms with van der Waals surface area (Å²) in [6, 6.07) is 11.5.